The van der Waals surface area contributed by atoms with Crippen molar-refractivity contribution in [3.8, 4) is 5.75 Å². The highest BCUT2D eigenvalue weighted by Gasteiger charge is 2.34. The van der Waals surface area contributed by atoms with Crippen LogP contribution in [0.3, 0.4) is 0 Å². The van der Waals surface area contributed by atoms with E-state index in [-0.39, 0.29) is 5.91 Å². The van der Waals surface area contributed by atoms with Gasteiger partial charge in [-0.2, -0.15) is 0 Å². The molecule has 0 unspecified atom stereocenters. The molecule has 0 radical (unpaired) electrons. The van der Waals surface area contributed by atoms with E-state index in [9.17, 15) is 9.59 Å². The Hall–Kier alpha value is -3.80. The Balaban J connectivity index is 1.75. The van der Waals surface area contributed by atoms with Gasteiger partial charge in [0.25, 0.3) is 5.91 Å². The maximum Gasteiger partial charge on any atom is 0.341 e. The van der Waals surface area contributed by atoms with Crippen molar-refractivity contribution in [3.63, 3.8) is 0 Å². The van der Waals surface area contributed by atoms with E-state index >= 15 is 0 Å². The molecule has 29 heavy (non-hydrogen) atoms. The SMILES string of the molecule is O=C(O)COc1ccccc1[C@@H]1Nc2ccccc2C(=O)N1Cc1ccccc1. The predicted octanol–water partition coefficient (Wildman–Crippen LogP) is 3.92. The third kappa shape index (κ3) is 3.91. The minimum absolute atomic E-state index is 0.0961. The quantitative estimate of drug-likeness (QED) is 0.669. The maximum absolute atomic E-state index is 13.3. The summed E-state index contributed by atoms with van der Waals surface area (Å²) < 4.78 is 5.50. The number of anilines is 1. The van der Waals surface area contributed by atoms with E-state index in [1.807, 2.05) is 60.7 Å². The second-order valence-electron chi connectivity index (χ2n) is 6.73. The molecular weight excluding hydrogens is 368 g/mol. The molecule has 0 spiro atoms. The number of carboxylic acid groups (broad SMARTS) is 1. The Morgan fingerprint density at radius 3 is 2.45 bits per heavy atom. The number of ether oxygens (including phenoxy) is 1. The molecule has 1 atom stereocenters. The number of hydrogen-bond donors (Lipinski definition) is 2. The van der Waals surface area contributed by atoms with Gasteiger partial charge in [-0.05, 0) is 23.8 Å². The minimum atomic E-state index is -1.06. The van der Waals surface area contributed by atoms with Crippen molar-refractivity contribution < 1.29 is 19.4 Å². The number of fused-ring (bicyclic) bond motifs is 1. The normalized spacial score (nSPS) is 15.4. The van der Waals surface area contributed by atoms with Crippen LogP contribution in [0.1, 0.15) is 27.7 Å². The summed E-state index contributed by atoms with van der Waals surface area (Å²) in [6.45, 7) is -0.0497. The van der Waals surface area contributed by atoms with Crippen molar-refractivity contribution >= 4 is 17.6 Å². The summed E-state index contributed by atoms with van der Waals surface area (Å²) >= 11 is 0. The molecular formula is C23H20N2O4. The van der Waals surface area contributed by atoms with E-state index in [2.05, 4.69) is 5.32 Å². The molecule has 0 aromatic heterocycles. The van der Waals surface area contributed by atoms with Crippen molar-refractivity contribution in [2.24, 2.45) is 0 Å². The summed E-state index contributed by atoms with van der Waals surface area (Å²) in [4.78, 5) is 26.0. The van der Waals surface area contributed by atoms with Gasteiger partial charge in [0, 0.05) is 17.8 Å². The number of benzene rings is 3. The first-order chi connectivity index (χ1) is 14.1. The number of carbonyl (C=O) groups is 2. The predicted molar refractivity (Wildman–Crippen MR) is 109 cm³/mol. The molecule has 2 N–H and O–H groups in total. The standard InChI is InChI=1S/C23H20N2O4/c26-21(27)15-29-20-13-7-5-11-18(20)22-24-19-12-6-4-10-17(19)23(28)25(22)14-16-8-2-1-3-9-16/h1-13,22,24H,14-15H2,(H,26,27)/t22-/m1/s1. The average molecular weight is 388 g/mol. The highest BCUT2D eigenvalue weighted by Crippen LogP contribution is 2.37. The summed E-state index contributed by atoms with van der Waals surface area (Å²) in [7, 11) is 0. The number of nitrogens with one attached hydrogen (secondary N) is 1. The van der Waals surface area contributed by atoms with Gasteiger partial charge < -0.3 is 20.1 Å². The maximum atomic E-state index is 13.3. The zero-order valence-electron chi connectivity index (χ0n) is 15.6. The molecule has 146 valence electrons. The summed E-state index contributed by atoms with van der Waals surface area (Å²) in [5.74, 6) is -0.724. The second kappa shape index (κ2) is 8.06. The Labute approximate surface area is 168 Å². The Morgan fingerprint density at radius 1 is 0.966 bits per heavy atom. The van der Waals surface area contributed by atoms with Crippen molar-refractivity contribution in [1.29, 1.82) is 0 Å². The number of para-hydroxylation sites is 2. The van der Waals surface area contributed by atoms with Crippen LogP contribution >= 0.6 is 0 Å². The van der Waals surface area contributed by atoms with Crippen LogP contribution in [0.15, 0.2) is 78.9 Å². The fourth-order valence-corrected chi connectivity index (χ4v) is 3.46. The Bertz CT molecular complexity index is 1040. The Morgan fingerprint density at radius 2 is 1.66 bits per heavy atom. The van der Waals surface area contributed by atoms with Gasteiger partial charge in [0.2, 0.25) is 0 Å². The van der Waals surface area contributed by atoms with Crippen molar-refractivity contribution in [3.05, 3.63) is 95.6 Å². The monoisotopic (exact) mass is 388 g/mol. The second-order valence-corrected chi connectivity index (χ2v) is 6.73. The smallest absolute Gasteiger partial charge is 0.341 e. The number of carbonyl (C=O) groups excluding carboxylic acids is 1. The third-order valence-corrected chi connectivity index (χ3v) is 4.78. The lowest BCUT2D eigenvalue weighted by molar-refractivity contribution is -0.139. The van der Waals surface area contributed by atoms with Crippen molar-refractivity contribution in [2.45, 2.75) is 12.7 Å². The van der Waals surface area contributed by atoms with Crippen LogP contribution in [-0.4, -0.2) is 28.5 Å². The molecule has 0 saturated carbocycles. The highest BCUT2D eigenvalue weighted by molar-refractivity contribution is 6.01. The number of hydrogen-bond acceptors (Lipinski definition) is 4. The first kappa shape index (κ1) is 18.6. The Kier molecular flexibility index (Phi) is 5.16. The van der Waals surface area contributed by atoms with E-state index < -0.39 is 18.7 Å². The first-order valence-electron chi connectivity index (χ1n) is 9.27. The summed E-state index contributed by atoms with van der Waals surface area (Å²) in [5, 5.41) is 12.4. The lowest BCUT2D eigenvalue weighted by Gasteiger charge is -2.38. The summed E-state index contributed by atoms with van der Waals surface area (Å²) in [6, 6.07) is 24.3. The van der Waals surface area contributed by atoms with Crippen LogP contribution in [-0.2, 0) is 11.3 Å². The van der Waals surface area contributed by atoms with Gasteiger partial charge in [-0.25, -0.2) is 4.79 Å². The average Bonchev–Trinajstić information content (AvgIpc) is 2.75. The minimum Gasteiger partial charge on any atom is -0.481 e. The van der Waals surface area contributed by atoms with Gasteiger partial charge in [-0.15, -0.1) is 0 Å². The summed E-state index contributed by atoms with van der Waals surface area (Å²) in [5.41, 5.74) is 3.03. The van der Waals surface area contributed by atoms with Gasteiger partial charge in [-0.3, -0.25) is 4.79 Å². The summed E-state index contributed by atoms with van der Waals surface area (Å²) in [6.07, 6.45) is -0.498. The van der Waals surface area contributed by atoms with Crippen molar-refractivity contribution in [1.82, 2.24) is 4.90 Å². The molecule has 6 nitrogen and oxygen atoms in total. The highest BCUT2D eigenvalue weighted by atomic mass is 16.5. The van der Waals surface area contributed by atoms with Gasteiger partial charge in [0.05, 0.1) is 5.56 Å². The fraction of sp³-hybridized carbons (Fsp3) is 0.130. The molecule has 1 heterocycles. The number of aliphatic carboxylic acids is 1. The molecule has 1 amide bonds. The number of rotatable bonds is 6. The first-order valence-corrected chi connectivity index (χ1v) is 9.27. The molecule has 4 rings (SSSR count). The van der Waals surface area contributed by atoms with Crippen LogP contribution in [0.2, 0.25) is 0 Å². The van der Waals surface area contributed by atoms with Gasteiger partial charge in [0.1, 0.15) is 11.9 Å². The van der Waals surface area contributed by atoms with Gasteiger partial charge in [0.15, 0.2) is 6.61 Å². The van der Waals surface area contributed by atoms with Crippen LogP contribution in [0.4, 0.5) is 5.69 Å². The van der Waals surface area contributed by atoms with Crippen LogP contribution < -0.4 is 10.1 Å². The zero-order chi connectivity index (χ0) is 20.2. The molecule has 0 saturated heterocycles. The van der Waals surface area contributed by atoms with Crippen LogP contribution in [0.25, 0.3) is 0 Å². The van der Waals surface area contributed by atoms with Crippen LogP contribution in [0, 0.1) is 0 Å². The zero-order valence-corrected chi connectivity index (χ0v) is 15.6. The topological polar surface area (TPSA) is 78.9 Å². The number of nitrogens with zero attached hydrogens (tertiary/aromatic N) is 1. The molecule has 0 bridgehead atoms. The van der Waals surface area contributed by atoms with Gasteiger partial charge in [-0.1, -0.05) is 60.7 Å². The fourth-order valence-electron chi connectivity index (χ4n) is 3.46. The van der Waals surface area contributed by atoms with E-state index in [1.165, 1.54) is 0 Å². The lowest BCUT2D eigenvalue weighted by atomic mass is 10.0. The molecule has 3 aromatic carbocycles. The molecule has 0 fully saturated rings. The molecule has 6 heteroatoms. The number of amides is 1. The van der Waals surface area contributed by atoms with Gasteiger partial charge >= 0.3 is 5.97 Å². The lowest BCUT2D eigenvalue weighted by Crippen LogP contribution is -2.42. The van der Waals surface area contributed by atoms with Crippen molar-refractivity contribution in [2.75, 3.05) is 11.9 Å². The largest absolute Gasteiger partial charge is 0.481 e. The van der Waals surface area contributed by atoms with E-state index in [0.29, 0.717) is 23.4 Å². The molecule has 1 aliphatic rings. The molecule has 1 aliphatic heterocycles. The van der Waals surface area contributed by atoms with Crippen LogP contribution in [0.5, 0.6) is 5.75 Å². The third-order valence-electron chi connectivity index (χ3n) is 4.78. The number of carboxylic acids is 1. The van der Waals surface area contributed by atoms with E-state index in [4.69, 9.17) is 9.84 Å². The van der Waals surface area contributed by atoms with E-state index in [0.717, 1.165) is 11.3 Å². The molecule has 3 aromatic rings. The molecule has 0 aliphatic carbocycles. The van der Waals surface area contributed by atoms with E-state index in [1.54, 1.807) is 23.1 Å².